The van der Waals surface area contributed by atoms with E-state index in [0.29, 0.717) is 18.1 Å². The number of methoxy groups -OCH3 is 1. The van der Waals surface area contributed by atoms with E-state index in [9.17, 15) is 9.00 Å². The Balaban J connectivity index is 2.08. The Labute approximate surface area is 138 Å². The van der Waals surface area contributed by atoms with E-state index in [2.05, 4.69) is 10.6 Å². The van der Waals surface area contributed by atoms with Crippen LogP contribution in [0.3, 0.4) is 0 Å². The minimum Gasteiger partial charge on any atom is -0.497 e. The second kappa shape index (κ2) is 7.50. The lowest BCUT2D eigenvalue weighted by Crippen LogP contribution is -2.38. The van der Waals surface area contributed by atoms with Gasteiger partial charge in [0.1, 0.15) is 17.1 Å². The number of amides is 2. The molecule has 2 aromatic rings. The van der Waals surface area contributed by atoms with Gasteiger partial charge in [-0.1, -0.05) is 0 Å². The summed E-state index contributed by atoms with van der Waals surface area (Å²) in [6, 6.07) is 5.03. The van der Waals surface area contributed by atoms with Crippen LogP contribution in [0.2, 0.25) is 0 Å². The topological polar surface area (TPSA) is 80.6 Å². The highest BCUT2D eigenvalue weighted by Gasteiger charge is 2.18. The summed E-state index contributed by atoms with van der Waals surface area (Å²) in [5, 5.41) is 6.48. The molecule has 2 amide bonds. The van der Waals surface area contributed by atoms with Crippen LogP contribution in [0.5, 0.6) is 5.75 Å². The number of furan rings is 1. The van der Waals surface area contributed by atoms with Gasteiger partial charge in [0.15, 0.2) is 0 Å². The van der Waals surface area contributed by atoms with Gasteiger partial charge >= 0.3 is 6.03 Å². The van der Waals surface area contributed by atoms with Crippen LogP contribution in [0.4, 0.5) is 4.79 Å². The fourth-order valence-electron chi connectivity index (χ4n) is 2.38. The van der Waals surface area contributed by atoms with E-state index in [1.54, 1.807) is 13.4 Å². The normalized spacial score (nSPS) is 13.6. The lowest BCUT2D eigenvalue weighted by atomic mass is 10.1. The Bertz CT molecular complexity index is 726. The van der Waals surface area contributed by atoms with Crippen molar-refractivity contribution in [1.29, 1.82) is 0 Å². The summed E-state index contributed by atoms with van der Waals surface area (Å²) in [4.78, 5) is 11.9. The van der Waals surface area contributed by atoms with Crippen molar-refractivity contribution < 1.29 is 18.2 Å². The molecule has 0 aliphatic rings. The molecule has 2 atom stereocenters. The molecule has 0 spiro atoms. The summed E-state index contributed by atoms with van der Waals surface area (Å²) in [5.74, 6) is 1.91. The first kappa shape index (κ1) is 17.3. The number of carbonyl (C=O) groups excluding carboxylic acids is 1. The first-order valence-corrected chi connectivity index (χ1v) is 9.06. The molecule has 1 aromatic heterocycles. The molecule has 0 aliphatic heterocycles. The van der Waals surface area contributed by atoms with E-state index in [1.165, 1.54) is 0 Å². The number of ether oxygens (including phenoxy) is 1. The highest BCUT2D eigenvalue weighted by molar-refractivity contribution is 7.84. The van der Waals surface area contributed by atoms with E-state index in [1.807, 2.05) is 32.0 Å². The third-order valence-electron chi connectivity index (χ3n) is 3.60. The van der Waals surface area contributed by atoms with E-state index >= 15 is 0 Å². The minimum absolute atomic E-state index is 0.277. The standard InChI is InChI=1S/C16H22N2O4S/c1-10-13-9-12(21-3)5-6-14(13)22-15(10)11(2)18-16(19)17-7-8-23(4)20/h5-6,9,11H,7-8H2,1-4H3,(H2,17,18,19). The van der Waals surface area contributed by atoms with Gasteiger partial charge in [-0.2, -0.15) is 0 Å². The number of hydrogen-bond donors (Lipinski definition) is 2. The molecule has 2 N–H and O–H groups in total. The predicted octanol–water partition coefficient (Wildman–Crippen LogP) is 2.49. The lowest BCUT2D eigenvalue weighted by Gasteiger charge is -2.13. The zero-order chi connectivity index (χ0) is 17.0. The Kier molecular flexibility index (Phi) is 5.65. The number of hydrogen-bond acceptors (Lipinski definition) is 4. The maximum atomic E-state index is 11.9. The molecule has 0 radical (unpaired) electrons. The number of carbonyl (C=O) groups is 1. The minimum atomic E-state index is -0.921. The van der Waals surface area contributed by atoms with Crippen molar-refractivity contribution in [2.24, 2.45) is 0 Å². The van der Waals surface area contributed by atoms with Gasteiger partial charge in [0.2, 0.25) is 0 Å². The highest BCUT2D eigenvalue weighted by Crippen LogP contribution is 2.31. The van der Waals surface area contributed by atoms with Crippen LogP contribution in [-0.4, -0.2) is 35.9 Å². The molecular formula is C16H22N2O4S. The maximum Gasteiger partial charge on any atom is 0.315 e. The van der Waals surface area contributed by atoms with Gasteiger partial charge in [0.25, 0.3) is 0 Å². The third-order valence-corrected chi connectivity index (χ3v) is 4.38. The number of aryl methyl sites for hydroxylation is 1. The Morgan fingerprint density at radius 1 is 1.43 bits per heavy atom. The molecule has 0 saturated heterocycles. The van der Waals surface area contributed by atoms with Crippen molar-refractivity contribution in [1.82, 2.24) is 10.6 Å². The summed E-state index contributed by atoms with van der Waals surface area (Å²) in [5.41, 5.74) is 1.73. The zero-order valence-corrected chi connectivity index (χ0v) is 14.6. The molecule has 6 nitrogen and oxygen atoms in total. The summed E-state index contributed by atoms with van der Waals surface area (Å²) >= 11 is 0. The fourth-order valence-corrected chi connectivity index (χ4v) is 2.77. The molecule has 1 heterocycles. The number of fused-ring (bicyclic) bond motifs is 1. The Morgan fingerprint density at radius 3 is 2.83 bits per heavy atom. The van der Waals surface area contributed by atoms with Crippen LogP contribution in [0.1, 0.15) is 24.3 Å². The van der Waals surface area contributed by atoms with Crippen LogP contribution in [0.25, 0.3) is 11.0 Å². The smallest absolute Gasteiger partial charge is 0.315 e. The van der Waals surface area contributed by atoms with Crippen LogP contribution >= 0.6 is 0 Å². The number of rotatable bonds is 6. The summed E-state index contributed by atoms with van der Waals surface area (Å²) in [7, 11) is 0.699. The molecule has 0 bridgehead atoms. The average molecular weight is 338 g/mol. The van der Waals surface area contributed by atoms with Crippen LogP contribution in [0, 0.1) is 6.92 Å². The number of benzene rings is 1. The lowest BCUT2D eigenvalue weighted by molar-refractivity contribution is 0.237. The molecule has 2 unspecified atom stereocenters. The van der Waals surface area contributed by atoms with Crippen LogP contribution in [0.15, 0.2) is 22.6 Å². The maximum absolute atomic E-state index is 11.9. The van der Waals surface area contributed by atoms with Crippen LogP contribution in [-0.2, 0) is 10.8 Å². The Morgan fingerprint density at radius 2 is 2.17 bits per heavy atom. The van der Waals surface area contributed by atoms with Crippen molar-refractivity contribution >= 4 is 27.8 Å². The zero-order valence-electron chi connectivity index (χ0n) is 13.8. The molecule has 0 aliphatic carbocycles. The van der Waals surface area contributed by atoms with Gasteiger partial charge in [0, 0.05) is 40.3 Å². The largest absolute Gasteiger partial charge is 0.497 e. The molecule has 0 saturated carbocycles. The van der Waals surface area contributed by atoms with Gasteiger partial charge in [-0.05, 0) is 32.0 Å². The summed E-state index contributed by atoms with van der Waals surface area (Å²) in [6.45, 7) is 4.19. The number of nitrogens with one attached hydrogen (secondary N) is 2. The molecule has 23 heavy (non-hydrogen) atoms. The van der Waals surface area contributed by atoms with Crippen molar-refractivity contribution in [2.75, 3.05) is 25.7 Å². The first-order chi connectivity index (χ1) is 10.9. The third kappa shape index (κ3) is 4.25. The van der Waals surface area contributed by atoms with E-state index in [-0.39, 0.29) is 12.1 Å². The Hall–Kier alpha value is -2.02. The fraction of sp³-hybridized carbons (Fsp3) is 0.438. The quantitative estimate of drug-likeness (QED) is 0.848. The van der Waals surface area contributed by atoms with Crippen molar-refractivity contribution in [3.63, 3.8) is 0 Å². The molecule has 126 valence electrons. The van der Waals surface area contributed by atoms with Crippen molar-refractivity contribution in [3.05, 3.63) is 29.5 Å². The monoisotopic (exact) mass is 338 g/mol. The van der Waals surface area contributed by atoms with Gasteiger partial charge in [-0.25, -0.2) is 4.79 Å². The SMILES string of the molecule is COc1ccc2oc(C(C)NC(=O)NCCS(C)=O)c(C)c2c1. The second-order valence-corrected chi connectivity index (χ2v) is 6.91. The summed E-state index contributed by atoms with van der Waals surface area (Å²) in [6.07, 6.45) is 1.61. The molecule has 1 aromatic carbocycles. The molecule has 0 fully saturated rings. The second-order valence-electron chi connectivity index (χ2n) is 5.35. The van der Waals surface area contributed by atoms with Gasteiger partial charge in [-0.3, -0.25) is 4.21 Å². The van der Waals surface area contributed by atoms with Crippen molar-refractivity contribution in [3.8, 4) is 5.75 Å². The van der Waals surface area contributed by atoms with Crippen molar-refractivity contribution in [2.45, 2.75) is 19.9 Å². The highest BCUT2D eigenvalue weighted by atomic mass is 32.2. The van der Waals surface area contributed by atoms with Gasteiger partial charge in [-0.15, -0.1) is 0 Å². The summed E-state index contributed by atoms with van der Waals surface area (Å²) < 4.78 is 22.1. The molecule has 2 rings (SSSR count). The van der Waals surface area contributed by atoms with Crippen LogP contribution < -0.4 is 15.4 Å². The first-order valence-electron chi connectivity index (χ1n) is 7.33. The molecular weight excluding hydrogens is 316 g/mol. The van der Waals surface area contributed by atoms with E-state index in [4.69, 9.17) is 9.15 Å². The predicted molar refractivity (Wildman–Crippen MR) is 91.4 cm³/mol. The van der Waals surface area contributed by atoms with Gasteiger partial charge < -0.3 is 19.8 Å². The number of urea groups is 1. The van der Waals surface area contributed by atoms with E-state index < -0.39 is 10.8 Å². The van der Waals surface area contributed by atoms with E-state index in [0.717, 1.165) is 22.3 Å². The average Bonchev–Trinajstić information content (AvgIpc) is 2.83. The van der Waals surface area contributed by atoms with Gasteiger partial charge in [0.05, 0.1) is 13.2 Å². The molecule has 7 heteroatoms.